The Labute approximate surface area is 157 Å². The maximum Gasteiger partial charge on any atom is 0.270 e. The molecule has 1 aliphatic heterocycles. The minimum atomic E-state index is -4.01. The third-order valence-corrected chi connectivity index (χ3v) is 6.84. The number of Topliss-reactive ketones (excluding diaryl/α,β-unsaturated/α-hetero) is 1. The molecule has 1 saturated heterocycles. The van der Waals surface area contributed by atoms with E-state index in [2.05, 4.69) is 0 Å². The largest absolute Gasteiger partial charge is 0.292 e. The van der Waals surface area contributed by atoms with Gasteiger partial charge in [-0.25, -0.2) is 8.42 Å². The topological polar surface area (TPSA) is 97.6 Å². The van der Waals surface area contributed by atoms with E-state index in [1.807, 2.05) is 19.9 Å². The van der Waals surface area contributed by atoms with Gasteiger partial charge in [-0.2, -0.15) is 4.31 Å². The van der Waals surface area contributed by atoms with Crippen LogP contribution in [0, 0.1) is 24.0 Å². The molecular formula is C19H20N2O5S. The molecular weight excluding hydrogens is 368 g/mol. The Hall–Kier alpha value is -2.58. The molecule has 0 aromatic heterocycles. The summed E-state index contributed by atoms with van der Waals surface area (Å²) in [6.07, 6.45) is 0.995. The zero-order valence-corrected chi connectivity index (χ0v) is 15.9. The number of carbonyl (C=O) groups is 1. The number of nitro groups is 1. The van der Waals surface area contributed by atoms with Gasteiger partial charge < -0.3 is 0 Å². The van der Waals surface area contributed by atoms with Crippen molar-refractivity contribution in [1.29, 1.82) is 0 Å². The molecule has 0 aliphatic carbocycles. The van der Waals surface area contributed by atoms with E-state index in [4.69, 9.17) is 0 Å². The van der Waals surface area contributed by atoms with Crippen LogP contribution in [0.3, 0.4) is 0 Å². The summed E-state index contributed by atoms with van der Waals surface area (Å²) in [5.41, 5.74) is 2.20. The number of hydrogen-bond acceptors (Lipinski definition) is 5. The first-order chi connectivity index (χ1) is 12.7. The van der Waals surface area contributed by atoms with Gasteiger partial charge in [-0.15, -0.1) is 0 Å². The van der Waals surface area contributed by atoms with Crippen LogP contribution >= 0.6 is 0 Å². The Bertz CT molecular complexity index is 1020. The first kappa shape index (κ1) is 19.2. The lowest BCUT2D eigenvalue weighted by molar-refractivity contribution is -0.385. The fourth-order valence-electron chi connectivity index (χ4n) is 3.27. The van der Waals surface area contributed by atoms with Crippen LogP contribution in [0.2, 0.25) is 0 Å². The van der Waals surface area contributed by atoms with Crippen molar-refractivity contribution in [2.45, 2.75) is 37.6 Å². The number of hydrogen-bond donors (Lipinski definition) is 0. The van der Waals surface area contributed by atoms with Crippen molar-refractivity contribution in [3.8, 4) is 0 Å². The standard InChI is InChI=1S/C19H20N2O5S/c1-13-8-9-15(11-14(13)2)19(22)18-7-4-10-20(18)27(25,26)17-6-3-5-16(12-17)21(23)24/h3,5-6,8-9,11-12,18H,4,7,10H2,1-2H3. The number of aryl methyl sites for hydroxylation is 2. The number of sulfonamides is 1. The predicted molar refractivity (Wildman–Crippen MR) is 100 cm³/mol. The zero-order chi connectivity index (χ0) is 19.8. The summed E-state index contributed by atoms with van der Waals surface area (Å²) < 4.78 is 27.2. The van der Waals surface area contributed by atoms with Gasteiger partial charge in [0.25, 0.3) is 5.69 Å². The Balaban J connectivity index is 1.95. The summed E-state index contributed by atoms with van der Waals surface area (Å²) in [5, 5.41) is 11.0. The first-order valence-electron chi connectivity index (χ1n) is 8.59. The zero-order valence-electron chi connectivity index (χ0n) is 15.1. The Morgan fingerprint density at radius 2 is 1.89 bits per heavy atom. The number of carbonyl (C=O) groups excluding carboxylic acids is 1. The SMILES string of the molecule is Cc1ccc(C(=O)C2CCCN2S(=O)(=O)c2cccc([N+](=O)[O-])c2)cc1C. The number of nitrogens with zero attached hydrogens (tertiary/aromatic N) is 2. The second-order valence-electron chi connectivity index (χ2n) is 6.69. The fourth-order valence-corrected chi connectivity index (χ4v) is 4.97. The molecule has 0 spiro atoms. The van der Waals surface area contributed by atoms with Gasteiger partial charge in [0, 0.05) is 24.2 Å². The minimum absolute atomic E-state index is 0.170. The molecule has 0 N–H and O–H groups in total. The van der Waals surface area contributed by atoms with Crippen LogP contribution in [0.5, 0.6) is 0 Å². The molecule has 27 heavy (non-hydrogen) atoms. The average molecular weight is 388 g/mol. The monoisotopic (exact) mass is 388 g/mol. The van der Waals surface area contributed by atoms with Gasteiger partial charge in [-0.1, -0.05) is 18.2 Å². The van der Waals surface area contributed by atoms with E-state index in [-0.39, 0.29) is 22.9 Å². The van der Waals surface area contributed by atoms with Crippen LogP contribution in [0.1, 0.15) is 34.3 Å². The average Bonchev–Trinajstić information content (AvgIpc) is 3.14. The van der Waals surface area contributed by atoms with Crippen molar-refractivity contribution in [3.05, 3.63) is 69.3 Å². The normalized spacial score (nSPS) is 17.8. The van der Waals surface area contributed by atoms with Crippen LogP contribution in [0.15, 0.2) is 47.4 Å². The third-order valence-electron chi connectivity index (χ3n) is 4.93. The number of rotatable bonds is 5. The number of ketones is 1. The van der Waals surface area contributed by atoms with Crippen LogP contribution in [0.4, 0.5) is 5.69 Å². The summed E-state index contributed by atoms with van der Waals surface area (Å²) in [6, 6.07) is 9.45. The summed E-state index contributed by atoms with van der Waals surface area (Å²) in [5.74, 6) is -0.246. The second kappa shape index (κ2) is 7.21. The summed E-state index contributed by atoms with van der Waals surface area (Å²) in [6.45, 7) is 4.06. The van der Waals surface area contributed by atoms with Crippen LogP contribution in [-0.4, -0.2) is 36.0 Å². The highest BCUT2D eigenvalue weighted by Gasteiger charge is 2.40. The van der Waals surface area contributed by atoms with Gasteiger partial charge in [0.1, 0.15) is 0 Å². The van der Waals surface area contributed by atoms with Crippen LogP contribution in [-0.2, 0) is 10.0 Å². The van der Waals surface area contributed by atoms with Crippen molar-refractivity contribution in [1.82, 2.24) is 4.31 Å². The lowest BCUT2D eigenvalue weighted by atomic mass is 9.99. The van der Waals surface area contributed by atoms with Crippen molar-refractivity contribution < 1.29 is 18.1 Å². The van der Waals surface area contributed by atoms with Gasteiger partial charge in [0.2, 0.25) is 10.0 Å². The highest BCUT2D eigenvalue weighted by Crippen LogP contribution is 2.30. The Kier molecular flexibility index (Phi) is 5.12. The highest BCUT2D eigenvalue weighted by molar-refractivity contribution is 7.89. The molecule has 142 valence electrons. The molecule has 1 heterocycles. The lowest BCUT2D eigenvalue weighted by Crippen LogP contribution is -2.40. The molecule has 1 fully saturated rings. The molecule has 2 aromatic carbocycles. The Morgan fingerprint density at radius 1 is 1.15 bits per heavy atom. The molecule has 0 bridgehead atoms. The van der Waals surface area contributed by atoms with Crippen LogP contribution in [0.25, 0.3) is 0 Å². The quantitative estimate of drug-likeness (QED) is 0.445. The summed E-state index contributed by atoms with van der Waals surface area (Å²) in [4.78, 5) is 23.1. The van der Waals surface area contributed by atoms with Crippen molar-refractivity contribution in [2.75, 3.05) is 6.54 Å². The minimum Gasteiger partial charge on any atom is -0.292 e. The number of benzene rings is 2. The molecule has 1 unspecified atom stereocenters. The molecule has 8 heteroatoms. The summed E-state index contributed by atoms with van der Waals surface area (Å²) >= 11 is 0. The van der Waals surface area contributed by atoms with Gasteiger partial charge in [-0.3, -0.25) is 14.9 Å². The lowest BCUT2D eigenvalue weighted by Gasteiger charge is -2.23. The van der Waals surface area contributed by atoms with E-state index in [9.17, 15) is 23.3 Å². The summed E-state index contributed by atoms with van der Waals surface area (Å²) in [7, 11) is -4.01. The van der Waals surface area contributed by atoms with E-state index in [1.165, 1.54) is 22.5 Å². The van der Waals surface area contributed by atoms with Gasteiger partial charge in [0.05, 0.1) is 15.9 Å². The van der Waals surface area contributed by atoms with Gasteiger partial charge >= 0.3 is 0 Å². The van der Waals surface area contributed by atoms with E-state index in [0.29, 0.717) is 18.4 Å². The fraction of sp³-hybridized carbons (Fsp3) is 0.316. The van der Waals surface area contributed by atoms with Crippen LogP contribution < -0.4 is 0 Å². The molecule has 7 nitrogen and oxygen atoms in total. The maximum absolute atomic E-state index is 13.0. The smallest absolute Gasteiger partial charge is 0.270 e. The molecule has 0 radical (unpaired) electrons. The Morgan fingerprint density at radius 3 is 2.56 bits per heavy atom. The molecule has 2 aromatic rings. The van der Waals surface area contributed by atoms with Crippen molar-refractivity contribution in [3.63, 3.8) is 0 Å². The number of nitro benzene ring substituents is 1. The van der Waals surface area contributed by atoms with E-state index >= 15 is 0 Å². The van der Waals surface area contributed by atoms with Gasteiger partial charge in [-0.05, 0) is 49.9 Å². The number of non-ortho nitro benzene ring substituents is 1. The van der Waals surface area contributed by atoms with E-state index in [0.717, 1.165) is 17.2 Å². The maximum atomic E-state index is 13.0. The van der Waals surface area contributed by atoms with E-state index in [1.54, 1.807) is 12.1 Å². The molecule has 0 saturated carbocycles. The van der Waals surface area contributed by atoms with Crippen molar-refractivity contribution >= 4 is 21.5 Å². The molecule has 3 rings (SSSR count). The first-order valence-corrected chi connectivity index (χ1v) is 10.0. The highest BCUT2D eigenvalue weighted by atomic mass is 32.2. The molecule has 1 aliphatic rings. The second-order valence-corrected chi connectivity index (χ2v) is 8.58. The molecule has 1 atom stereocenters. The predicted octanol–water partition coefficient (Wildman–Crippen LogP) is 3.25. The third kappa shape index (κ3) is 3.63. The molecule has 0 amide bonds. The van der Waals surface area contributed by atoms with E-state index < -0.39 is 21.0 Å². The van der Waals surface area contributed by atoms with Crippen molar-refractivity contribution in [2.24, 2.45) is 0 Å². The van der Waals surface area contributed by atoms with Gasteiger partial charge in [0.15, 0.2) is 5.78 Å².